The smallest absolute Gasteiger partial charge is 0.341 e. The molecule has 0 unspecified atom stereocenters. The van der Waals surface area contributed by atoms with E-state index < -0.39 is 12.6 Å². The highest BCUT2D eigenvalue weighted by Gasteiger charge is 2.11. The van der Waals surface area contributed by atoms with E-state index in [-0.39, 0.29) is 11.4 Å². The quantitative estimate of drug-likeness (QED) is 0.714. The van der Waals surface area contributed by atoms with Crippen LogP contribution in [0.15, 0.2) is 24.3 Å². The average Bonchev–Trinajstić information content (AvgIpc) is 2.36. The highest BCUT2D eigenvalue weighted by Crippen LogP contribution is 2.23. The van der Waals surface area contributed by atoms with Gasteiger partial charge in [0.15, 0.2) is 6.61 Å². The van der Waals surface area contributed by atoms with Crippen molar-refractivity contribution in [3.63, 3.8) is 0 Å². The molecule has 0 saturated heterocycles. The van der Waals surface area contributed by atoms with Crippen molar-refractivity contribution in [1.29, 1.82) is 0 Å². The number of hydrogen-bond acceptors (Lipinski definition) is 4. The number of carboxylic acids is 1. The number of para-hydroxylation sites is 2. The fraction of sp³-hybridized carbons (Fsp3) is 0.467. The van der Waals surface area contributed by atoms with E-state index in [1.54, 1.807) is 24.3 Å². The lowest BCUT2D eigenvalue weighted by molar-refractivity contribution is -0.139. The number of benzene rings is 1. The number of aliphatic carboxylic acids is 1. The highest BCUT2D eigenvalue weighted by molar-refractivity contribution is 5.92. The van der Waals surface area contributed by atoms with Crippen LogP contribution < -0.4 is 15.4 Å². The third kappa shape index (κ3) is 7.31. The Hall–Kier alpha value is -2.08. The molecule has 0 atom stereocenters. The first-order chi connectivity index (χ1) is 9.78. The van der Waals surface area contributed by atoms with Crippen LogP contribution in [0.2, 0.25) is 0 Å². The SMILES string of the molecule is CC(C)(C)NCCC(=O)Nc1ccccc1OCC(=O)O. The first kappa shape index (κ1) is 17.0. The first-order valence-electron chi connectivity index (χ1n) is 6.76. The molecule has 0 spiro atoms. The Morgan fingerprint density at radius 1 is 1.24 bits per heavy atom. The number of rotatable bonds is 7. The average molecular weight is 294 g/mol. The fourth-order valence-electron chi connectivity index (χ4n) is 1.60. The summed E-state index contributed by atoms with van der Waals surface area (Å²) in [5.74, 6) is -0.874. The Morgan fingerprint density at radius 2 is 1.90 bits per heavy atom. The molecule has 6 nitrogen and oxygen atoms in total. The summed E-state index contributed by atoms with van der Waals surface area (Å²) in [6.45, 7) is 6.20. The van der Waals surface area contributed by atoms with E-state index in [9.17, 15) is 9.59 Å². The second-order valence-corrected chi connectivity index (χ2v) is 5.65. The maximum Gasteiger partial charge on any atom is 0.341 e. The van der Waals surface area contributed by atoms with Crippen molar-refractivity contribution in [3.05, 3.63) is 24.3 Å². The monoisotopic (exact) mass is 294 g/mol. The number of carbonyl (C=O) groups excluding carboxylic acids is 1. The molecule has 1 amide bonds. The fourth-order valence-corrected chi connectivity index (χ4v) is 1.60. The van der Waals surface area contributed by atoms with Gasteiger partial charge in [0, 0.05) is 18.5 Å². The molecule has 0 aliphatic carbocycles. The molecule has 0 heterocycles. The molecule has 0 fully saturated rings. The lowest BCUT2D eigenvalue weighted by atomic mass is 10.1. The minimum absolute atomic E-state index is 0.0389. The zero-order chi connectivity index (χ0) is 15.9. The molecule has 0 aliphatic rings. The number of carbonyl (C=O) groups is 2. The molecule has 1 rings (SSSR count). The number of carboxylic acid groups (broad SMARTS) is 1. The lowest BCUT2D eigenvalue weighted by Crippen LogP contribution is -2.37. The second-order valence-electron chi connectivity index (χ2n) is 5.65. The summed E-state index contributed by atoms with van der Waals surface area (Å²) in [5.41, 5.74) is 0.433. The summed E-state index contributed by atoms with van der Waals surface area (Å²) in [6, 6.07) is 6.75. The summed E-state index contributed by atoms with van der Waals surface area (Å²) in [4.78, 5) is 22.4. The van der Waals surface area contributed by atoms with Crippen molar-refractivity contribution in [3.8, 4) is 5.75 Å². The number of amides is 1. The van der Waals surface area contributed by atoms with Crippen LogP contribution in [0.25, 0.3) is 0 Å². The van der Waals surface area contributed by atoms with E-state index in [4.69, 9.17) is 9.84 Å². The van der Waals surface area contributed by atoms with Crippen LogP contribution in [0.4, 0.5) is 5.69 Å². The number of nitrogens with one attached hydrogen (secondary N) is 2. The van der Waals surface area contributed by atoms with Crippen LogP contribution >= 0.6 is 0 Å². The third-order valence-electron chi connectivity index (χ3n) is 2.52. The standard InChI is InChI=1S/C15H22N2O4/c1-15(2,3)16-9-8-13(18)17-11-6-4-5-7-12(11)21-10-14(19)20/h4-7,16H,8-10H2,1-3H3,(H,17,18)(H,19,20). The predicted molar refractivity (Wildman–Crippen MR) is 80.6 cm³/mol. The van der Waals surface area contributed by atoms with E-state index in [0.29, 0.717) is 24.4 Å². The molecule has 0 bridgehead atoms. The first-order valence-corrected chi connectivity index (χ1v) is 6.76. The Kier molecular flexibility index (Phi) is 6.17. The van der Waals surface area contributed by atoms with E-state index in [2.05, 4.69) is 10.6 Å². The summed E-state index contributed by atoms with van der Waals surface area (Å²) < 4.78 is 5.13. The van der Waals surface area contributed by atoms with Gasteiger partial charge in [0.1, 0.15) is 5.75 Å². The molecule has 21 heavy (non-hydrogen) atoms. The van der Waals surface area contributed by atoms with Gasteiger partial charge in [-0.1, -0.05) is 12.1 Å². The Morgan fingerprint density at radius 3 is 2.52 bits per heavy atom. The molecule has 116 valence electrons. The van der Waals surface area contributed by atoms with Crippen LogP contribution in [0.3, 0.4) is 0 Å². The summed E-state index contributed by atoms with van der Waals surface area (Å²) in [7, 11) is 0. The van der Waals surface area contributed by atoms with Gasteiger partial charge in [0.2, 0.25) is 5.91 Å². The zero-order valence-electron chi connectivity index (χ0n) is 12.6. The van der Waals surface area contributed by atoms with Crippen LogP contribution in [-0.2, 0) is 9.59 Å². The number of anilines is 1. The van der Waals surface area contributed by atoms with Crippen molar-refractivity contribution in [2.45, 2.75) is 32.7 Å². The number of hydrogen-bond donors (Lipinski definition) is 3. The predicted octanol–water partition coefficient (Wildman–Crippen LogP) is 1.87. The molecule has 0 saturated carbocycles. The van der Waals surface area contributed by atoms with E-state index >= 15 is 0 Å². The molecule has 1 aromatic rings. The Balaban J connectivity index is 2.53. The van der Waals surface area contributed by atoms with E-state index in [1.165, 1.54) is 0 Å². The molecule has 0 aliphatic heterocycles. The van der Waals surface area contributed by atoms with Crippen LogP contribution in [0.5, 0.6) is 5.75 Å². The van der Waals surface area contributed by atoms with Gasteiger partial charge in [-0.2, -0.15) is 0 Å². The lowest BCUT2D eigenvalue weighted by Gasteiger charge is -2.20. The second kappa shape index (κ2) is 7.64. The zero-order valence-corrected chi connectivity index (χ0v) is 12.6. The summed E-state index contributed by atoms with van der Waals surface area (Å²) >= 11 is 0. The molecule has 0 radical (unpaired) electrons. The maximum absolute atomic E-state index is 11.9. The largest absolute Gasteiger partial charge is 0.480 e. The van der Waals surface area contributed by atoms with Gasteiger partial charge in [0.05, 0.1) is 5.69 Å². The number of ether oxygens (including phenoxy) is 1. The molecular weight excluding hydrogens is 272 g/mol. The van der Waals surface area contributed by atoms with Crippen molar-refractivity contribution in [2.24, 2.45) is 0 Å². The van der Waals surface area contributed by atoms with Crippen molar-refractivity contribution in [1.82, 2.24) is 5.32 Å². The molecule has 3 N–H and O–H groups in total. The summed E-state index contributed by atoms with van der Waals surface area (Å²) in [6.07, 6.45) is 0.324. The highest BCUT2D eigenvalue weighted by atomic mass is 16.5. The summed E-state index contributed by atoms with van der Waals surface area (Å²) in [5, 5.41) is 14.6. The van der Waals surface area contributed by atoms with Crippen LogP contribution in [0.1, 0.15) is 27.2 Å². The minimum Gasteiger partial charge on any atom is -0.480 e. The van der Waals surface area contributed by atoms with Crippen molar-refractivity contribution >= 4 is 17.6 Å². The van der Waals surface area contributed by atoms with Crippen molar-refractivity contribution in [2.75, 3.05) is 18.5 Å². The maximum atomic E-state index is 11.9. The Labute approximate surface area is 124 Å². The molecule has 1 aromatic carbocycles. The molecule has 0 aromatic heterocycles. The normalized spacial score (nSPS) is 11.0. The van der Waals surface area contributed by atoms with Crippen LogP contribution in [-0.4, -0.2) is 35.7 Å². The minimum atomic E-state index is -1.06. The van der Waals surface area contributed by atoms with Crippen LogP contribution in [0, 0.1) is 0 Å². The van der Waals surface area contributed by atoms with Gasteiger partial charge in [-0.25, -0.2) is 4.79 Å². The van der Waals surface area contributed by atoms with Gasteiger partial charge < -0.3 is 20.5 Å². The van der Waals surface area contributed by atoms with Gasteiger partial charge >= 0.3 is 5.97 Å². The van der Waals surface area contributed by atoms with E-state index in [0.717, 1.165) is 0 Å². The van der Waals surface area contributed by atoms with E-state index in [1.807, 2.05) is 20.8 Å². The topological polar surface area (TPSA) is 87.7 Å². The van der Waals surface area contributed by atoms with Gasteiger partial charge in [-0.05, 0) is 32.9 Å². The van der Waals surface area contributed by atoms with Gasteiger partial charge in [-0.3, -0.25) is 4.79 Å². The Bertz CT molecular complexity index is 495. The molecule has 6 heteroatoms. The molecular formula is C15H22N2O4. The van der Waals surface area contributed by atoms with Gasteiger partial charge in [-0.15, -0.1) is 0 Å². The third-order valence-corrected chi connectivity index (χ3v) is 2.52. The van der Waals surface area contributed by atoms with Gasteiger partial charge in [0.25, 0.3) is 0 Å². The van der Waals surface area contributed by atoms with Crippen molar-refractivity contribution < 1.29 is 19.4 Å².